The van der Waals surface area contributed by atoms with Crippen molar-refractivity contribution in [3.8, 4) is 0 Å². The molecule has 0 saturated carbocycles. The second-order valence-corrected chi connectivity index (χ2v) is 2.03. The summed E-state index contributed by atoms with van der Waals surface area (Å²) in [7, 11) is 0. The van der Waals surface area contributed by atoms with Crippen molar-refractivity contribution in [3.63, 3.8) is 0 Å². The van der Waals surface area contributed by atoms with Crippen molar-refractivity contribution in [2.24, 2.45) is 5.10 Å². The summed E-state index contributed by atoms with van der Waals surface area (Å²) in [4.78, 5) is 0. The Bertz CT molecular complexity index is 153. The number of hydrazine groups is 1. The zero-order valence-corrected chi connectivity index (χ0v) is 5.57. The molecule has 55 valence electrons. The second kappa shape index (κ2) is 3.22. The van der Waals surface area contributed by atoms with Gasteiger partial charge >= 0.3 is 0 Å². The van der Waals surface area contributed by atoms with Crippen molar-refractivity contribution in [1.82, 2.24) is 10.5 Å². The largest absolute Gasteiger partial charge is 0.391 e. The number of aliphatic hydroxyl groups is 1. The molecule has 0 aromatic rings. The van der Waals surface area contributed by atoms with Gasteiger partial charge in [0.2, 0.25) is 0 Å². The fourth-order valence-electron chi connectivity index (χ4n) is 0.655. The van der Waals surface area contributed by atoms with Gasteiger partial charge in [-0.05, 0) is 13.0 Å². The van der Waals surface area contributed by atoms with Crippen molar-refractivity contribution in [2.75, 3.05) is 6.54 Å². The summed E-state index contributed by atoms with van der Waals surface area (Å²) in [5.41, 5.74) is 2.67. The van der Waals surface area contributed by atoms with Crippen LogP contribution in [0.5, 0.6) is 0 Å². The van der Waals surface area contributed by atoms with E-state index in [-0.39, 0.29) is 0 Å². The van der Waals surface area contributed by atoms with E-state index >= 15 is 0 Å². The molecule has 0 aliphatic carbocycles. The van der Waals surface area contributed by atoms with Crippen LogP contribution in [0.4, 0.5) is 0 Å². The number of nitrogens with one attached hydrogen (secondary N) is 1. The first-order valence-corrected chi connectivity index (χ1v) is 3.02. The van der Waals surface area contributed by atoms with Crippen LogP contribution >= 0.6 is 0 Å². The van der Waals surface area contributed by atoms with Gasteiger partial charge in [-0.1, -0.05) is 0 Å². The zero-order chi connectivity index (χ0) is 7.40. The predicted octanol–water partition coefficient (Wildman–Crippen LogP) is -0.499. The molecule has 1 heterocycles. The zero-order valence-electron chi connectivity index (χ0n) is 5.57. The van der Waals surface area contributed by atoms with Crippen LogP contribution < -0.4 is 5.53 Å². The third-order valence-electron chi connectivity index (χ3n) is 1.02. The topological polar surface area (TPSA) is 47.9 Å². The first kappa shape index (κ1) is 7.08. The highest BCUT2D eigenvalue weighted by molar-refractivity contribution is 5.71. The molecule has 2 N–H and O–H groups in total. The maximum atomic E-state index is 8.83. The quantitative estimate of drug-likeness (QED) is 0.543. The third kappa shape index (κ3) is 2.06. The Balaban J connectivity index is 2.30. The molecule has 10 heavy (non-hydrogen) atoms. The smallest absolute Gasteiger partial charge is 0.0736 e. The van der Waals surface area contributed by atoms with Gasteiger partial charge in [0.25, 0.3) is 0 Å². The second-order valence-electron chi connectivity index (χ2n) is 2.03. The predicted molar refractivity (Wildman–Crippen MR) is 38.8 cm³/mol. The number of hydrazone groups is 1. The lowest BCUT2D eigenvalue weighted by Gasteiger charge is -2.21. The molecule has 0 fully saturated rings. The van der Waals surface area contributed by atoms with Crippen molar-refractivity contribution in [3.05, 3.63) is 19.2 Å². The molecule has 4 heteroatoms. The Morgan fingerprint density at radius 1 is 1.80 bits per heavy atom. The minimum atomic E-state index is -0.592. The molecule has 1 aliphatic rings. The average Bonchev–Trinajstić information content (AvgIpc) is 1.88. The van der Waals surface area contributed by atoms with Crippen molar-refractivity contribution < 1.29 is 5.11 Å². The van der Waals surface area contributed by atoms with Gasteiger partial charge in [-0.25, -0.2) is 5.53 Å². The van der Waals surface area contributed by atoms with Gasteiger partial charge in [0.1, 0.15) is 0 Å². The number of β-amino-alcohol motifs (C(OH)–C–C–N with tert-alkyl or cyclic N) is 1. The number of rotatable bonds is 2. The lowest BCUT2D eigenvalue weighted by molar-refractivity contribution is 0.145. The van der Waals surface area contributed by atoms with Crippen LogP contribution in [0.3, 0.4) is 0 Å². The summed E-state index contributed by atoms with van der Waals surface area (Å²) in [5, 5.41) is 14.2. The number of aliphatic hydroxyl groups excluding tert-OH is 1. The van der Waals surface area contributed by atoms with Gasteiger partial charge in [-0.15, -0.1) is 0 Å². The monoisotopic (exact) mass is 140 g/mol. The van der Waals surface area contributed by atoms with Crippen LogP contribution in [0, 0.1) is 6.92 Å². The Morgan fingerprint density at radius 3 is 3.10 bits per heavy atom. The SMILES string of the molecule is [CH2]C(O)CN1C=CC=NN1. The Hall–Kier alpha value is -1.03. The molecule has 1 rings (SSSR count). The van der Waals surface area contributed by atoms with Gasteiger partial charge in [-0.3, -0.25) is 5.01 Å². The Kier molecular flexibility index (Phi) is 2.28. The first-order chi connectivity index (χ1) is 4.79. The summed E-state index contributed by atoms with van der Waals surface area (Å²) in [6.45, 7) is 3.86. The molecular weight excluding hydrogens is 130 g/mol. The van der Waals surface area contributed by atoms with Gasteiger partial charge in [-0.2, -0.15) is 5.10 Å². The van der Waals surface area contributed by atoms with Crippen molar-refractivity contribution in [1.29, 1.82) is 0 Å². The van der Waals surface area contributed by atoms with E-state index < -0.39 is 6.10 Å². The molecule has 1 atom stereocenters. The van der Waals surface area contributed by atoms with Crippen LogP contribution in [-0.4, -0.2) is 29.0 Å². The van der Waals surface area contributed by atoms with E-state index in [2.05, 4.69) is 17.6 Å². The average molecular weight is 140 g/mol. The third-order valence-corrected chi connectivity index (χ3v) is 1.02. The number of allylic oxidation sites excluding steroid dienone is 1. The highest BCUT2D eigenvalue weighted by Crippen LogP contribution is 1.91. The molecule has 0 bridgehead atoms. The molecule has 4 nitrogen and oxygen atoms in total. The van der Waals surface area contributed by atoms with Crippen molar-refractivity contribution >= 4 is 6.21 Å². The van der Waals surface area contributed by atoms with Crippen molar-refractivity contribution in [2.45, 2.75) is 6.10 Å². The maximum absolute atomic E-state index is 8.83. The molecule has 1 aliphatic heterocycles. The normalized spacial score (nSPS) is 18.8. The molecule has 0 saturated heterocycles. The van der Waals surface area contributed by atoms with E-state index in [0.29, 0.717) is 6.54 Å². The van der Waals surface area contributed by atoms with E-state index in [1.54, 1.807) is 23.5 Å². The summed E-state index contributed by atoms with van der Waals surface area (Å²) >= 11 is 0. The van der Waals surface area contributed by atoms with Crippen LogP contribution in [0.2, 0.25) is 0 Å². The first-order valence-electron chi connectivity index (χ1n) is 3.02. The minimum absolute atomic E-state index is 0.438. The molecule has 1 unspecified atom stereocenters. The molecule has 0 aromatic carbocycles. The molecule has 0 spiro atoms. The van der Waals surface area contributed by atoms with Gasteiger partial charge in [0.15, 0.2) is 0 Å². The lowest BCUT2D eigenvalue weighted by Crippen LogP contribution is -2.36. The fourth-order valence-corrected chi connectivity index (χ4v) is 0.655. The Morgan fingerprint density at radius 2 is 2.60 bits per heavy atom. The molecular formula is C6H10N3O. The van der Waals surface area contributed by atoms with Crippen LogP contribution in [0.1, 0.15) is 0 Å². The van der Waals surface area contributed by atoms with Crippen LogP contribution in [-0.2, 0) is 0 Å². The fraction of sp³-hybridized carbons (Fsp3) is 0.333. The maximum Gasteiger partial charge on any atom is 0.0736 e. The Labute approximate surface area is 59.8 Å². The minimum Gasteiger partial charge on any atom is -0.391 e. The summed E-state index contributed by atoms with van der Waals surface area (Å²) in [6, 6.07) is 0. The number of hydrogen-bond acceptors (Lipinski definition) is 4. The van der Waals surface area contributed by atoms with E-state index in [9.17, 15) is 0 Å². The van der Waals surface area contributed by atoms with Gasteiger partial charge < -0.3 is 5.11 Å². The van der Waals surface area contributed by atoms with Crippen LogP contribution in [0.25, 0.3) is 0 Å². The van der Waals surface area contributed by atoms with Crippen LogP contribution in [0.15, 0.2) is 17.4 Å². The van der Waals surface area contributed by atoms with Gasteiger partial charge in [0.05, 0.1) is 18.9 Å². The lowest BCUT2D eigenvalue weighted by atomic mass is 10.4. The highest BCUT2D eigenvalue weighted by Gasteiger charge is 2.02. The molecule has 0 amide bonds. The van der Waals surface area contributed by atoms with E-state index in [4.69, 9.17) is 5.11 Å². The highest BCUT2D eigenvalue weighted by atomic mass is 16.3. The molecule has 1 radical (unpaired) electrons. The number of hydrogen-bond donors (Lipinski definition) is 2. The molecule has 0 aromatic heterocycles. The van der Waals surface area contributed by atoms with E-state index in [0.717, 1.165) is 0 Å². The van der Waals surface area contributed by atoms with E-state index in [1.807, 2.05) is 0 Å². The number of nitrogens with zero attached hydrogens (tertiary/aromatic N) is 2. The summed E-state index contributed by atoms with van der Waals surface area (Å²) in [6.07, 6.45) is 4.59. The standard InChI is InChI=1S/C6H10N3O/c1-6(10)5-9-4-2-3-7-8-9/h2-4,6,8,10H,1,5H2. The van der Waals surface area contributed by atoms with Gasteiger partial charge in [0, 0.05) is 6.20 Å². The summed E-state index contributed by atoms with van der Waals surface area (Å²) < 4.78 is 0. The summed E-state index contributed by atoms with van der Waals surface area (Å²) in [5.74, 6) is 0. The van der Waals surface area contributed by atoms with E-state index in [1.165, 1.54) is 0 Å².